The van der Waals surface area contributed by atoms with E-state index in [1.165, 1.54) is 116 Å². The fraction of sp³-hybridized carbons (Fsp3) is 1.00. The maximum Gasteiger partial charge on any atom is 0.0431 e. The van der Waals surface area contributed by atoms with Gasteiger partial charge in [-0.15, -0.1) is 0 Å². The second kappa shape index (κ2) is 21.9. The summed E-state index contributed by atoms with van der Waals surface area (Å²) in [6.07, 6.45) is 23.1. The minimum atomic E-state index is 0.370. The number of unbranched alkanes of at least 4 members (excludes halogenated alkanes) is 15. The van der Waals surface area contributed by atoms with E-state index < -0.39 is 0 Å². The topological polar surface area (TPSA) is 32.3 Å². The molecule has 0 saturated carbocycles. The number of nitrogens with one attached hydrogen (secondary N) is 1. The van der Waals surface area contributed by atoms with Gasteiger partial charge in [0.2, 0.25) is 0 Å². The van der Waals surface area contributed by atoms with Crippen molar-refractivity contribution in [3.63, 3.8) is 0 Å². The Bertz CT molecular complexity index is 176. The molecule has 0 rings (SSSR count). The molecule has 2 heteroatoms. The van der Waals surface area contributed by atoms with Crippen LogP contribution in [0.2, 0.25) is 0 Å². The van der Waals surface area contributed by atoms with Gasteiger partial charge in [0.15, 0.2) is 0 Å². The van der Waals surface area contributed by atoms with E-state index in [0.29, 0.717) is 6.61 Å². The van der Waals surface area contributed by atoms with Crippen LogP contribution >= 0.6 is 0 Å². The lowest BCUT2D eigenvalue weighted by Crippen LogP contribution is -2.16. The van der Waals surface area contributed by atoms with E-state index in [4.69, 9.17) is 5.11 Å². The Kier molecular flexibility index (Phi) is 21.8. The summed E-state index contributed by atoms with van der Waals surface area (Å²) in [6.45, 7) is 5.09. The molecule has 0 aromatic heterocycles. The number of hydrogen-bond donors (Lipinski definition) is 2. The fourth-order valence-electron chi connectivity index (χ4n) is 3.11. The van der Waals surface area contributed by atoms with Crippen LogP contribution in [0.5, 0.6) is 0 Å². The molecule has 2 nitrogen and oxygen atoms in total. The average molecular weight is 328 g/mol. The van der Waals surface area contributed by atoms with Crippen LogP contribution in [0.4, 0.5) is 0 Å². The monoisotopic (exact) mass is 327 g/mol. The zero-order valence-electron chi connectivity index (χ0n) is 16.1. The molecule has 2 N–H and O–H groups in total. The maximum absolute atomic E-state index is 8.71. The van der Waals surface area contributed by atoms with E-state index in [0.717, 1.165) is 6.42 Å². The van der Waals surface area contributed by atoms with Crippen molar-refractivity contribution in [3.8, 4) is 0 Å². The zero-order chi connectivity index (χ0) is 16.8. The number of aliphatic hydroxyl groups is 1. The minimum Gasteiger partial charge on any atom is -0.396 e. The minimum absolute atomic E-state index is 0.370. The molecule has 0 bridgehead atoms. The molecule has 0 radical (unpaired) electrons. The van der Waals surface area contributed by atoms with Crippen LogP contribution in [0.15, 0.2) is 0 Å². The van der Waals surface area contributed by atoms with E-state index in [-0.39, 0.29) is 0 Å². The first kappa shape index (κ1) is 22.9. The molecule has 0 unspecified atom stereocenters. The van der Waals surface area contributed by atoms with Crippen molar-refractivity contribution >= 4 is 0 Å². The van der Waals surface area contributed by atoms with Crippen molar-refractivity contribution in [2.75, 3.05) is 19.7 Å². The Morgan fingerprint density at radius 3 is 1.22 bits per heavy atom. The highest BCUT2D eigenvalue weighted by Gasteiger charge is 1.94. The Morgan fingerprint density at radius 1 is 0.478 bits per heavy atom. The van der Waals surface area contributed by atoms with Crippen molar-refractivity contribution in [1.82, 2.24) is 5.32 Å². The normalized spacial score (nSPS) is 11.2. The highest BCUT2D eigenvalue weighted by Crippen LogP contribution is 2.11. The molecule has 0 aromatic rings. The molecular weight excluding hydrogens is 282 g/mol. The Balaban J connectivity index is 2.92. The van der Waals surface area contributed by atoms with Crippen LogP contribution in [0.3, 0.4) is 0 Å². The van der Waals surface area contributed by atoms with E-state index in [2.05, 4.69) is 12.2 Å². The summed E-state index contributed by atoms with van der Waals surface area (Å²) in [4.78, 5) is 0. The first-order valence-electron chi connectivity index (χ1n) is 10.7. The standard InChI is InChI=1S/C21H45NO/c1-2-3-4-13-16-19-22-20-17-14-11-9-7-5-6-8-10-12-15-18-21-23/h22-23H,2-21H2,1H3. The molecule has 0 aliphatic rings. The highest BCUT2D eigenvalue weighted by molar-refractivity contribution is 4.52. The molecule has 0 spiro atoms. The summed E-state index contributed by atoms with van der Waals surface area (Å²) in [5.41, 5.74) is 0. The molecule has 23 heavy (non-hydrogen) atoms. The Morgan fingerprint density at radius 2 is 0.826 bits per heavy atom. The van der Waals surface area contributed by atoms with Crippen LogP contribution in [0, 0.1) is 0 Å². The second-order valence-corrected chi connectivity index (χ2v) is 7.13. The summed E-state index contributed by atoms with van der Waals surface area (Å²) in [6, 6.07) is 0. The van der Waals surface area contributed by atoms with Gasteiger partial charge in [-0.3, -0.25) is 0 Å². The first-order chi connectivity index (χ1) is 11.4. The van der Waals surface area contributed by atoms with E-state index in [1.54, 1.807) is 0 Å². The van der Waals surface area contributed by atoms with Gasteiger partial charge in [-0.05, 0) is 32.4 Å². The second-order valence-electron chi connectivity index (χ2n) is 7.13. The zero-order valence-corrected chi connectivity index (χ0v) is 16.1. The number of rotatable bonds is 20. The van der Waals surface area contributed by atoms with Crippen LogP contribution in [0.1, 0.15) is 116 Å². The maximum atomic E-state index is 8.71. The van der Waals surface area contributed by atoms with E-state index in [9.17, 15) is 0 Å². The summed E-state index contributed by atoms with van der Waals surface area (Å²) in [7, 11) is 0. The molecule has 0 aliphatic heterocycles. The molecule has 0 aliphatic carbocycles. The molecule has 0 aromatic carbocycles. The van der Waals surface area contributed by atoms with Gasteiger partial charge in [0.25, 0.3) is 0 Å². The summed E-state index contributed by atoms with van der Waals surface area (Å²) in [5, 5.41) is 12.3. The molecule has 140 valence electrons. The predicted molar refractivity (Wildman–Crippen MR) is 104 cm³/mol. The molecule has 0 fully saturated rings. The molecule has 0 heterocycles. The van der Waals surface area contributed by atoms with E-state index in [1.807, 2.05) is 0 Å². The predicted octanol–water partition coefficient (Wildman–Crippen LogP) is 6.22. The molecule has 0 saturated heterocycles. The summed E-state index contributed by atoms with van der Waals surface area (Å²) >= 11 is 0. The third-order valence-electron chi connectivity index (χ3n) is 4.72. The fourth-order valence-corrected chi connectivity index (χ4v) is 3.11. The van der Waals surface area contributed by atoms with Gasteiger partial charge < -0.3 is 10.4 Å². The van der Waals surface area contributed by atoms with Crippen molar-refractivity contribution in [2.24, 2.45) is 0 Å². The van der Waals surface area contributed by atoms with Gasteiger partial charge >= 0.3 is 0 Å². The third-order valence-corrected chi connectivity index (χ3v) is 4.72. The molecule has 0 amide bonds. The third kappa shape index (κ3) is 21.9. The van der Waals surface area contributed by atoms with Crippen LogP contribution in [-0.4, -0.2) is 24.8 Å². The van der Waals surface area contributed by atoms with Gasteiger partial charge in [-0.2, -0.15) is 0 Å². The van der Waals surface area contributed by atoms with Crippen molar-refractivity contribution in [3.05, 3.63) is 0 Å². The lowest BCUT2D eigenvalue weighted by molar-refractivity contribution is 0.282. The van der Waals surface area contributed by atoms with Crippen molar-refractivity contribution in [1.29, 1.82) is 0 Å². The SMILES string of the molecule is CCCCCCCNCCCCCCCCCCCCCCO. The first-order valence-corrected chi connectivity index (χ1v) is 10.7. The number of aliphatic hydroxyl groups excluding tert-OH is 1. The average Bonchev–Trinajstić information content (AvgIpc) is 2.57. The lowest BCUT2D eigenvalue weighted by Gasteiger charge is -2.05. The molecular formula is C21H45NO. The van der Waals surface area contributed by atoms with Gasteiger partial charge in [0.1, 0.15) is 0 Å². The largest absolute Gasteiger partial charge is 0.396 e. The molecule has 0 atom stereocenters. The quantitative estimate of drug-likeness (QED) is 0.260. The van der Waals surface area contributed by atoms with Crippen molar-refractivity contribution < 1.29 is 5.11 Å². The summed E-state index contributed by atoms with van der Waals surface area (Å²) in [5.74, 6) is 0. The van der Waals surface area contributed by atoms with Crippen LogP contribution in [-0.2, 0) is 0 Å². The van der Waals surface area contributed by atoms with Gasteiger partial charge in [-0.1, -0.05) is 96.8 Å². The summed E-state index contributed by atoms with van der Waals surface area (Å²) < 4.78 is 0. The van der Waals surface area contributed by atoms with Crippen LogP contribution < -0.4 is 5.32 Å². The number of hydrogen-bond acceptors (Lipinski definition) is 2. The highest BCUT2D eigenvalue weighted by atomic mass is 16.2. The lowest BCUT2D eigenvalue weighted by atomic mass is 10.1. The Labute approximate surface area is 146 Å². The van der Waals surface area contributed by atoms with Gasteiger partial charge in [-0.25, -0.2) is 0 Å². The van der Waals surface area contributed by atoms with Gasteiger partial charge in [0, 0.05) is 6.61 Å². The Hall–Kier alpha value is -0.0800. The van der Waals surface area contributed by atoms with Crippen LogP contribution in [0.25, 0.3) is 0 Å². The van der Waals surface area contributed by atoms with Crippen molar-refractivity contribution in [2.45, 2.75) is 116 Å². The van der Waals surface area contributed by atoms with Gasteiger partial charge in [0.05, 0.1) is 0 Å². The van der Waals surface area contributed by atoms with E-state index >= 15 is 0 Å². The smallest absolute Gasteiger partial charge is 0.0431 e.